The molecule has 0 aliphatic rings. The molecule has 2 heteroatoms. The van der Waals surface area contributed by atoms with E-state index in [9.17, 15) is 0 Å². The number of hydrogen-bond acceptors (Lipinski definition) is 1. The lowest BCUT2D eigenvalue weighted by molar-refractivity contribution is 0.183. The van der Waals surface area contributed by atoms with Crippen LogP contribution in [0.25, 0.3) is 0 Å². The molecule has 0 fully saturated rings. The first-order chi connectivity index (χ1) is 6.31. The molecule has 0 aliphatic heterocycles. The smallest absolute Gasteiger partial charge is 0.0675 e. The van der Waals surface area contributed by atoms with Crippen molar-refractivity contribution >= 4 is 11.6 Å². The minimum Gasteiger partial charge on any atom is -0.392 e. The predicted octanol–water partition coefficient (Wildman–Crippen LogP) is 3.73. The standard InChI is InChI=1S/C11H23ClO/c1-2-3-4-5-6-7-8-9-11(13)10-12/h11,13H,2-10H2,1H3/t11-/m1/s1. The van der Waals surface area contributed by atoms with E-state index in [2.05, 4.69) is 6.92 Å². The Bertz CT molecular complexity index is 96.1. The zero-order valence-corrected chi connectivity index (χ0v) is 9.52. The van der Waals surface area contributed by atoms with Gasteiger partial charge in [0.1, 0.15) is 0 Å². The zero-order chi connectivity index (χ0) is 9.94. The summed E-state index contributed by atoms with van der Waals surface area (Å²) in [4.78, 5) is 0. The quantitative estimate of drug-likeness (QED) is 0.450. The average molecular weight is 207 g/mol. The molecule has 0 radical (unpaired) electrons. The molecule has 0 saturated heterocycles. The molecule has 1 nitrogen and oxygen atoms in total. The Balaban J connectivity index is 2.91. The van der Waals surface area contributed by atoms with Crippen molar-refractivity contribution in [2.45, 2.75) is 64.4 Å². The summed E-state index contributed by atoms with van der Waals surface area (Å²) in [7, 11) is 0. The van der Waals surface area contributed by atoms with Crippen molar-refractivity contribution in [2.24, 2.45) is 0 Å². The van der Waals surface area contributed by atoms with E-state index in [0.717, 1.165) is 12.8 Å². The monoisotopic (exact) mass is 206 g/mol. The maximum absolute atomic E-state index is 9.17. The predicted molar refractivity (Wildman–Crippen MR) is 59.3 cm³/mol. The molecule has 0 saturated carbocycles. The van der Waals surface area contributed by atoms with Crippen LogP contribution in [0.4, 0.5) is 0 Å². The number of unbranched alkanes of at least 4 members (excludes halogenated alkanes) is 6. The van der Waals surface area contributed by atoms with Crippen LogP contribution in [-0.4, -0.2) is 17.1 Å². The lowest BCUT2D eigenvalue weighted by Crippen LogP contribution is -2.07. The number of halogens is 1. The fraction of sp³-hybridized carbons (Fsp3) is 1.00. The van der Waals surface area contributed by atoms with Gasteiger partial charge in [-0.2, -0.15) is 0 Å². The van der Waals surface area contributed by atoms with Gasteiger partial charge in [0, 0.05) is 5.88 Å². The molecular weight excluding hydrogens is 184 g/mol. The zero-order valence-electron chi connectivity index (χ0n) is 8.77. The van der Waals surface area contributed by atoms with E-state index in [-0.39, 0.29) is 6.10 Å². The largest absolute Gasteiger partial charge is 0.392 e. The van der Waals surface area contributed by atoms with Gasteiger partial charge >= 0.3 is 0 Å². The number of rotatable bonds is 9. The second-order valence-electron chi connectivity index (χ2n) is 3.72. The highest BCUT2D eigenvalue weighted by atomic mass is 35.5. The van der Waals surface area contributed by atoms with E-state index in [0.29, 0.717) is 5.88 Å². The van der Waals surface area contributed by atoms with Gasteiger partial charge in [-0.15, -0.1) is 11.6 Å². The first-order valence-corrected chi connectivity index (χ1v) is 6.08. The third-order valence-electron chi connectivity index (χ3n) is 2.32. The van der Waals surface area contributed by atoms with Crippen molar-refractivity contribution in [3.63, 3.8) is 0 Å². The molecule has 0 rings (SSSR count). The van der Waals surface area contributed by atoms with Crippen molar-refractivity contribution in [3.8, 4) is 0 Å². The van der Waals surface area contributed by atoms with E-state index in [1.807, 2.05) is 0 Å². The minimum absolute atomic E-state index is 0.280. The van der Waals surface area contributed by atoms with Crippen molar-refractivity contribution in [3.05, 3.63) is 0 Å². The molecule has 13 heavy (non-hydrogen) atoms. The molecule has 1 atom stereocenters. The van der Waals surface area contributed by atoms with Crippen LogP contribution in [0.1, 0.15) is 58.3 Å². The van der Waals surface area contributed by atoms with Crippen LogP contribution in [-0.2, 0) is 0 Å². The van der Waals surface area contributed by atoms with Crippen LogP contribution in [0.3, 0.4) is 0 Å². The van der Waals surface area contributed by atoms with Crippen LogP contribution < -0.4 is 0 Å². The number of aliphatic hydroxyl groups is 1. The van der Waals surface area contributed by atoms with Gasteiger partial charge in [-0.25, -0.2) is 0 Å². The topological polar surface area (TPSA) is 20.2 Å². The van der Waals surface area contributed by atoms with Gasteiger partial charge in [0.25, 0.3) is 0 Å². The Morgan fingerprint density at radius 3 is 2.08 bits per heavy atom. The molecule has 0 aromatic rings. The van der Waals surface area contributed by atoms with Crippen LogP contribution in [0, 0.1) is 0 Å². The molecule has 0 amide bonds. The summed E-state index contributed by atoms with van der Waals surface area (Å²) < 4.78 is 0. The summed E-state index contributed by atoms with van der Waals surface area (Å²) in [6.07, 6.45) is 9.68. The summed E-state index contributed by atoms with van der Waals surface area (Å²) in [5.74, 6) is 0.385. The Morgan fingerprint density at radius 2 is 1.54 bits per heavy atom. The molecule has 1 N–H and O–H groups in total. The van der Waals surface area contributed by atoms with Gasteiger partial charge in [-0.1, -0.05) is 51.9 Å². The van der Waals surface area contributed by atoms with Gasteiger partial charge in [-0.05, 0) is 6.42 Å². The lowest BCUT2D eigenvalue weighted by Gasteiger charge is -2.05. The van der Waals surface area contributed by atoms with Crippen molar-refractivity contribution in [2.75, 3.05) is 5.88 Å². The SMILES string of the molecule is CCCCCCCCC[C@@H](O)CCl. The molecular formula is C11H23ClO. The van der Waals surface area contributed by atoms with Crippen LogP contribution >= 0.6 is 11.6 Å². The second kappa shape index (κ2) is 10.3. The van der Waals surface area contributed by atoms with Gasteiger partial charge in [0.15, 0.2) is 0 Å². The summed E-state index contributed by atoms with van der Waals surface area (Å²) in [6.45, 7) is 2.23. The fourth-order valence-electron chi connectivity index (χ4n) is 1.41. The van der Waals surface area contributed by atoms with Crippen molar-refractivity contribution < 1.29 is 5.11 Å². The molecule has 0 aromatic heterocycles. The number of hydrogen-bond donors (Lipinski definition) is 1. The Kier molecular flexibility index (Phi) is 10.5. The molecule has 80 valence electrons. The lowest BCUT2D eigenvalue weighted by atomic mass is 10.1. The van der Waals surface area contributed by atoms with Gasteiger partial charge < -0.3 is 5.11 Å². The van der Waals surface area contributed by atoms with E-state index in [4.69, 9.17) is 16.7 Å². The third kappa shape index (κ3) is 10.2. The van der Waals surface area contributed by atoms with E-state index in [1.165, 1.54) is 38.5 Å². The number of alkyl halides is 1. The van der Waals surface area contributed by atoms with Crippen molar-refractivity contribution in [1.82, 2.24) is 0 Å². The first-order valence-electron chi connectivity index (χ1n) is 5.55. The summed E-state index contributed by atoms with van der Waals surface area (Å²) in [5, 5.41) is 9.17. The average Bonchev–Trinajstić information content (AvgIpc) is 2.16. The molecule has 0 heterocycles. The third-order valence-corrected chi connectivity index (χ3v) is 2.68. The highest BCUT2D eigenvalue weighted by Crippen LogP contribution is 2.09. The number of aliphatic hydroxyl groups excluding tert-OH is 1. The minimum atomic E-state index is -0.280. The van der Waals surface area contributed by atoms with Crippen LogP contribution in [0.2, 0.25) is 0 Å². The maximum Gasteiger partial charge on any atom is 0.0675 e. The van der Waals surface area contributed by atoms with E-state index >= 15 is 0 Å². The second-order valence-corrected chi connectivity index (χ2v) is 4.03. The highest BCUT2D eigenvalue weighted by molar-refractivity contribution is 6.18. The molecule has 0 bridgehead atoms. The highest BCUT2D eigenvalue weighted by Gasteiger charge is 2.00. The van der Waals surface area contributed by atoms with Crippen LogP contribution in [0.5, 0.6) is 0 Å². The van der Waals surface area contributed by atoms with E-state index < -0.39 is 0 Å². The van der Waals surface area contributed by atoms with Gasteiger partial charge in [0.2, 0.25) is 0 Å². The molecule has 0 aromatic carbocycles. The Morgan fingerprint density at radius 1 is 1.00 bits per heavy atom. The molecule has 0 unspecified atom stereocenters. The van der Waals surface area contributed by atoms with Gasteiger partial charge in [-0.3, -0.25) is 0 Å². The van der Waals surface area contributed by atoms with Gasteiger partial charge in [0.05, 0.1) is 6.10 Å². The first kappa shape index (κ1) is 13.2. The van der Waals surface area contributed by atoms with E-state index in [1.54, 1.807) is 0 Å². The Labute approximate surface area is 87.5 Å². The summed E-state index contributed by atoms with van der Waals surface area (Å²) >= 11 is 5.48. The molecule has 0 aliphatic carbocycles. The van der Waals surface area contributed by atoms with Crippen LogP contribution in [0.15, 0.2) is 0 Å². The summed E-state index contributed by atoms with van der Waals surface area (Å²) in [5.41, 5.74) is 0. The maximum atomic E-state index is 9.17. The van der Waals surface area contributed by atoms with Crippen molar-refractivity contribution in [1.29, 1.82) is 0 Å². The fourth-order valence-corrected chi connectivity index (χ4v) is 1.57. The molecule has 0 spiro atoms. The summed E-state index contributed by atoms with van der Waals surface area (Å²) in [6, 6.07) is 0. The Hall–Kier alpha value is 0.250. The normalized spacial score (nSPS) is 13.2.